The van der Waals surface area contributed by atoms with Crippen molar-refractivity contribution < 1.29 is 9.90 Å². The second-order valence-electron chi connectivity index (χ2n) is 3.61. The van der Waals surface area contributed by atoms with E-state index in [9.17, 15) is 4.79 Å². The first kappa shape index (κ1) is 11.3. The number of anilines is 1. The number of hydrogen-bond donors (Lipinski definition) is 2. The molecule has 2 N–H and O–H groups in total. The summed E-state index contributed by atoms with van der Waals surface area (Å²) in [6, 6.07) is 8.76. The van der Waals surface area contributed by atoms with Crippen LogP contribution in [0.25, 0.3) is 0 Å². The zero-order valence-corrected chi connectivity index (χ0v) is 9.42. The molecule has 2 rings (SSSR count). The molecule has 17 heavy (non-hydrogen) atoms. The van der Waals surface area contributed by atoms with Crippen LogP contribution >= 0.6 is 0 Å². The molecule has 88 valence electrons. The minimum Gasteiger partial charge on any atom is -0.392 e. The van der Waals surface area contributed by atoms with E-state index in [1.807, 2.05) is 6.07 Å². The first-order valence-corrected chi connectivity index (χ1v) is 5.20. The van der Waals surface area contributed by atoms with Crippen LogP contribution in [0.3, 0.4) is 0 Å². The van der Waals surface area contributed by atoms with Crippen molar-refractivity contribution in [1.82, 2.24) is 9.78 Å². The van der Waals surface area contributed by atoms with Gasteiger partial charge in [0.25, 0.3) is 5.91 Å². The van der Waals surface area contributed by atoms with Crippen LogP contribution in [0.5, 0.6) is 0 Å². The zero-order valence-electron chi connectivity index (χ0n) is 9.42. The van der Waals surface area contributed by atoms with E-state index in [-0.39, 0.29) is 12.5 Å². The lowest BCUT2D eigenvalue weighted by atomic mass is 10.2. The Hall–Kier alpha value is -2.14. The number of carbonyl (C=O) groups is 1. The van der Waals surface area contributed by atoms with Crippen molar-refractivity contribution in [2.75, 3.05) is 5.32 Å². The van der Waals surface area contributed by atoms with Crippen molar-refractivity contribution in [3.8, 4) is 0 Å². The molecule has 0 radical (unpaired) electrons. The number of para-hydroxylation sites is 1. The zero-order chi connectivity index (χ0) is 12.3. The van der Waals surface area contributed by atoms with Gasteiger partial charge < -0.3 is 10.4 Å². The van der Waals surface area contributed by atoms with Crippen molar-refractivity contribution in [3.05, 3.63) is 47.8 Å². The highest BCUT2D eigenvalue weighted by molar-refractivity contribution is 6.03. The monoisotopic (exact) mass is 231 g/mol. The third-order valence-electron chi connectivity index (χ3n) is 2.49. The van der Waals surface area contributed by atoms with Crippen molar-refractivity contribution in [3.63, 3.8) is 0 Å². The van der Waals surface area contributed by atoms with Gasteiger partial charge in [0.15, 0.2) is 0 Å². The lowest BCUT2D eigenvalue weighted by Gasteiger charge is -2.09. The van der Waals surface area contributed by atoms with Crippen LogP contribution in [0.2, 0.25) is 0 Å². The third-order valence-corrected chi connectivity index (χ3v) is 2.49. The summed E-state index contributed by atoms with van der Waals surface area (Å²) in [5, 5.41) is 15.8. The second kappa shape index (κ2) is 4.80. The van der Waals surface area contributed by atoms with Crippen LogP contribution < -0.4 is 5.32 Å². The van der Waals surface area contributed by atoms with E-state index in [1.165, 1.54) is 4.68 Å². The SMILES string of the molecule is Cn1nccc1C(=O)Nc1ccccc1CO. The van der Waals surface area contributed by atoms with Gasteiger partial charge in [-0.2, -0.15) is 5.10 Å². The molecule has 0 aliphatic heterocycles. The summed E-state index contributed by atoms with van der Waals surface area (Å²) < 4.78 is 1.50. The second-order valence-corrected chi connectivity index (χ2v) is 3.61. The highest BCUT2D eigenvalue weighted by Crippen LogP contribution is 2.15. The standard InChI is InChI=1S/C12H13N3O2/c1-15-11(6-7-13-15)12(17)14-10-5-3-2-4-9(10)8-16/h2-7,16H,8H2,1H3,(H,14,17). The van der Waals surface area contributed by atoms with Crippen LogP contribution in [0.15, 0.2) is 36.5 Å². The average Bonchev–Trinajstić information content (AvgIpc) is 2.76. The summed E-state index contributed by atoms with van der Waals surface area (Å²) in [6.45, 7) is -0.109. The minimum absolute atomic E-state index is 0.109. The van der Waals surface area contributed by atoms with E-state index in [0.29, 0.717) is 16.9 Å². The van der Waals surface area contributed by atoms with Gasteiger partial charge in [-0.25, -0.2) is 0 Å². The van der Waals surface area contributed by atoms with E-state index in [2.05, 4.69) is 10.4 Å². The maximum atomic E-state index is 11.9. The Kier molecular flexibility index (Phi) is 3.20. The number of aliphatic hydroxyl groups excluding tert-OH is 1. The topological polar surface area (TPSA) is 67.2 Å². The molecule has 0 atom stereocenters. The van der Waals surface area contributed by atoms with E-state index < -0.39 is 0 Å². The molecule has 1 amide bonds. The molecule has 1 aromatic heterocycles. The van der Waals surface area contributed by atoms with Gasteiger partial charge in [-0.15, -0.1) is 0 Å². The Labute approximate surface area is 98.7 Å². The number of aromatic nitrogens is 2. The molecule has 0 unspecified atom stereocenters. The van der Waals surface area contributed by atoms with E-state index in [1.54, 1.807) is 37.5 Å². The fraction of sp³-hybridized carbons (Fsp3) is 0.167. The molecule has 0 fully saturated rings. The van der Waals surface area contributed by atoms with Crippen molar-refractivity contribution >= 4 is 11.6 Å². The first-order chi connectivity index (χ1) is 8.22. The van der Waals surface area contributed by atoms with Crippen LogP contribution in [0.1, 0.15) is 16.1 Å². The molecule has 1 aromatic carbocycles. The molecular formula is C12H13N3O2. The number of hydrogen-bond acceptors (Lipinski definition) is 3. The van der Waals surface area contributed by atoms with Gasteiger partial charge in [-0.05, 0) is 12.1 Å². The van der Waals surface area contributed by atoms with E-state index >= 15 is 0 Å². The molecular weight excluding hydrogens is 218 g/mol. The van der Waals surface area contributed by atoms with Gasteiger partial charge in [-0.1, -0.05) is 18.2 Å². The van der Waals surface area contributed by atoms with Crippen molar-refractivity contribution in [2.24, 2.45) is 7.05 Å². The van der Waals surface area contributed by atoms with Crippen LogP contribution in [-0.2, 0) is 13.7 Å². The Morgan fingerprint density at radius 1 is 1.41 bits per heavy atom. The van der Waals surface area contributed by atoms with Gasteiger partial charge >= 0.3 is 0 Å². The van der Waals surface area contributed by atoms with Crippen molar-refractivity contribution in [2.45, 2.75) is 6.61 Å². The van der Waals surface area contributed by atoms with Gasteiger partial charge in [0.2, 0.25) is 0 Å². The van der Waals surface area contributed by atoms with Gasteiger partial charge in [0.05, 0.1) is 6.61 Å². The Balaban J connectivity index is 2.22. The first-order valence-electron chi connectivity index (χ1n) is 5.20. The number of nitrogens with one attached hydrogen (secondary N) is 1. The van der Waals surface area contributed by atoms with E-state index in [4.69, 9.17) is 5.11 Å². The molecule has 0 bridgehead atoms. The molecule has 1 heterocycles. The number of carbonyl (C=O) groups excluding carboxylic acids is 1. The van der Waals surface area contributed by atoms with Crippen molar-refractivity contribution in [1.29, 1.82) is 0 Å². The Morgan fingerprint density at radius 2 is 2.18 bits per heavy atom. The smallest absolute Gasteiger partial charge is 0.273 e. The number of amides is 1. The normalized spacial score (nSPS) is 10.2. The molecule has 0 spiro atoms. The summed E-state index contributed by atoms with van der Waals surface area (Å²) in [5.74, 6) is -0.245. The molecule has 0 aliphatic carbocycles. The van der Waals surface area contributed by atoms with Crippen LogP contribution in [0, 0.1) is 0 Å². The molecule has 2 aromatic rings. The number of nitrogens with zero attached hydrogens (tertiary/aromatic N) is 2. The summed E-state index contributed by atoms with van der Waals surface area (Å²) in [4.78, 5) is 11.9. The Morgan fingerprint density at radius 3 is 2.82 bits per heavy atom. The lowest BCUT2D eigenvalue weighted by molar-refractivity contribution is 0.101. The van der Waals surface area contributed by atoms with Gasteiger partial charge in [0, 0.05) is 24.5 Å². The molecule has 0 saturated heterocycles. The average molecular weight is 231 g/mol. The maximum absolute atomic E-state index is 11.9. The summed E-state index contributed by atoms with van der Waals surface area (Å²) in [7, 11) is 1.70. The number of rotatable bonds is 3. The predicted octanol–water partition coefficient (Wildman–Crippen LogP) is 1.16. The summed E-state index contributed by atoms with van der Waals surface area (Å²) in [6.07, 6.45) is 1.56. The largest absolute Gasteiger partial charge is 0.392 e. The Bertz CT molecular complexity index is 534. The van der Waals surface area contributed by atoms with Crippen LogP contribution in [-0.4, -0.2) is 20.8 Å². The maximum Gasteiger partial charge on any atom is 0.273 e. The number of aryl methyl sites for hydroxylation is 1. The van der Waals surface area contributed by atoms with Gasteiger partial charge in [-0.3, -0.25) is 9.48 Å². The molecule has 5 nitrogen and oxygen atoms in total. The minimum atomic E-state index is -0.245. The number of aliphatic hydroxyl groups is 1. The fourth-order valence-corrected chi connectivity index (χ4v) is 1.56. The molecule has 0 aliphatic rings. The summed E-state index contributed by atoms with van der Waals surface area (Å²) >= 11 is 0. The highest BCUT2D eigenvalue weighted by Gasteiger charge is 2.11. The van der Waals surface area contributed by atoms with Crippen LogP contribution in [0.4, 0.5) is 5.69 Å². The lowest BCUT2D eigenvalue weighted by Crippen LogP contribution is -2.17. The quantitative estimate of drug-likeness (QED) is 0.833. The molecule has 5 heteroatoms. The van der Waals surface area contributed by atoms with E-state index in [0.717, 1.165) is 0 Å². The van der Waals surface area contributed by atoms with Gasteiger partial charge in [0.1, 0.15) is 5.69 Å². The predicted molar refractivity (Wildman–Crippen MR) is 63.5 cm³/mol. The summed E-state index contributed by atoms with van der Waals surface area (Å²) in [5.41, 5.74) is 1.77. The number of benzene rings is 1. The highest BCUT2D eigenvalue weighted by atomic mass is 16.3. The molecule has 0 saturated carbocycles. The third kappa shape index (κ3) is 2.34. The fourth-order valence-electron chi connectivity index (χ4n) is 1.56.